The molecule has 3 aromatic carbocycles. The van der Waals surface area contributed by atoms with Crippen molar-refractivity contribution in [3.63, 3.8) is 0 Å². The molecule has 0 aliphatic heterocycles. The zero-order valence-electron chi connectivity index (χ0n) is 24.1. The van der Waals surface area contributed by atoms with Crippen molar-refractivity contribution in [2.24, 2.45) is 5.92 Å². The highest BCUT2D eigenvalue weighted by molar-refractivity contribution is 7.92. The Morgan fingerprint density at radius 2 is 1.59 bits per heavy atom. The number of carbonyl (C=O) groups excluding carboxylic acids is 2. The maximum Gasteiger partial charge on any atom is 0.264 e. The first-order valence-corrected chi connectivity index (χ1v) is 15.4. The summed E-state index contributed by atoms with van der Waals surface area (Å²) in [5, 5.41) is 3.27. The molecule has 1 unspecified atom stereocenters. The number of anilines is 1. The number of ether oxygens (including phenoxy) is 1. The van der Waals surface area contributed by atoms with Crippen molar-refractivity contribution < 1.29 is 22.7 Å². The van der Waals surface area contributed by atoms with Gasteiger partial charge in [-0.25, -0.2) is 8.42 Å². The maximum absolute atomic E-state index is 14.1. The monoisotopic (exact) mass is 599 g/mol. The molecule has 1 N–H and O–H groups in total. The van der Waals surface area contributed by atoms with Crippen LogP contribution in [0.5, 0.6) is 5.75 Å². The molecule has 0 aliphatic rings. The minimum Gasteiger partial charge on any atom is -0.492 e. The van der Waals surface area contributed by atoms with E-state index in [1.165, 1.54) is 29.2 Å². The molecule has 0 aliphatic carbocycles. The van der Waals surface area contributed by atoms with E-state index in [0.717, 1.165) is 15.4 Å². The summed E-state index contributed by atoms with van der Waals surface area (Å²) in [5.74, 6) is -0.321. The number of amides is 2. The van der Waals surface area contributed by atoms with E-state index in [2.05, 4.69) is 5.32 Å². The van der Waals surface area contributed by atoms with E-state index in [1.807, 2.05) is 45.0 Å². The van der Waals surface area contributed by atoms with Crippen molar-refractivity contribution in [1.29, 1.82) is 0 Å². The van der Waals surface area contributed by atoms with E-state index in [9.17, 15) is 18.0 Å². The second-order valence-corrected chi connectivity index (χ2v) is 12.5. The Labute approximate surface area is 248 Å². The van der Waals surface area contributed by atoms with Gasteiger partial charge in [-0.2, -0.15) is 0 Å². The fourth-order valence-corrected chi connectivity index (χ4v) is 5.66. The van der Waals surface area contributed by atoms with Crippen LogP contribution in [0.25, 0.3) is 0 Å². The summed E-state index contributed by atoms with van der Waals surface area (Å²) in [6.07, 6.45) is 0. The van der Waals surface area contributed by atoms with Gasteiger partial charge in [0.1, 0.15) is 18.3 Å². The predicted molar refractivity (Wildman–Crippen MR) is 163 cm³/mol. The van der Waals surface area contributed by atoms with Crippen molar-refractivity contribution in [3.8, 4) is 5.75 Å². The van der Waals surface area contributed by atoms with Crippen LogP contribution in [0.15, 0.2) is 77.7 Å². The number of rotatable bonds is 13. The van der Waals surface area contributed by atoms with Gasteiger partial charge in [-0.05, 0) is 68.7 Å². The minimum absolute atomic E-state index is 0.0335. The van der Waals surface area contributed by atoms with E-state index in [1.54, 1.807) is 38.1 Å². The summed E-state index contributed by atoms with van der Waals surface area (Å²) >= 11 is 6.02. The zero-order valence-corrected chi connectivity index (χ0v) is 25.7. The molecule has 41 heavy (non-hydrogen) atoms. The predicted octanol–water partition coefficient (Wildman–Crippen LogP) is 5.43. The lowest BCUT2D eigenvalue weighted by Crippen LogP contribution is -2.51. The average Bonchev–Trinajstić information content (AvgIpc) is 2.94. The zero-order chi connectivity index (χ0) is 30.2. The highest BCUT2D eigenvalue weighted by Crippen LogP contribution is 2.33. The van der Waals surface area contributed by atoms with E-state index < -0.39 is 28.5 Å². The van der Waals surface area contributed by atoms with Crippen LogP contribution in [-0.4, -0.2) is 50.9 Å². The van der Waals surface area contributed by atoms with Crippen molar-refractivity contribution in [3.05, 3.63) is 88.9 Å². The molecule has 10 heteroatoms. The van der Waals surface area contributed by atoms with Crippen LogP contribution < -0.4 is 14.4 Å². The number of hydrogen-bond acceptors (Lipinski definition) is 5. The topological polar surface area (TPSA) is 96.0 Å². The summed E-state index contributed by atoms with van der Waals surface area (Å²) in [7, 11) is -4.24. The SMILES string of the molecule is CCOc1ccccc1N(CC(=O)N(Cc1ccc(C)cc1)C(C)C(=O)NCC(C)C)S(=O)(=O)c1ccc(Cl)cc1. The maximum atomic E-state index is 14.1. The van der Waals surface area contributed by atoms with E-state index in [-0.39, 0.29) is 29.0 Å². The third-order valence-electron chi connectivity index (χ3n) is 6.44. The average molecular weight is 600 g/mol. The number of nitrogens with zero attached hydrogens (tertiary/aromatic N) is 2. The molecular formula is C31H38ClN3O5S. The Morgan fingerprint density at radius 3 is 2.20 bits per heavy atom. The van der Waals surface area contributed by atoms with Gasteiger partial charge in [-0.3, -0.25) is 13.9 Å². The quantitative estimate of drug-likeness (QED) is 0.283. The number of nitrogens with one attached hydrogen (secondary N) is 1. The molecule has 0 bridgehead atoms. The first-order valence-electron chi connectivity index (χ1n) is 13.6. The van der Waals surface area contributed by atoms with Crippen LogP contribution in [0.4, 0.5) is 5.69 Å². The normalized spacial score (nSPS) is 12.1. The molecule has 0 saturated carbocycles. The fraction of sp³-hybridized carbons (Fsp3) is 0.355. The van der Waals surface area contributed by atoms with Crippen molar-refractivity contribution in [1.82, 2.24) is 10.2 Å². The minimum atomic E-state index is -4.24. The van der Waals surface area contributed by atoms with Gasteiger partial charge in [0.2, 0.25) is 11.8 Å². The summed E-state index contributed by atoms with van der Waals surface area (Å²) in [5.41, 5.74) is 2.08. The van der Waals surface area contributed by atoms with Gasteiger partial charge in [0.15, 0.2) is 0 Å². The molecule has 3 aromatic rings. The van der Waals surface area contributed by atoms with Gasteiger partial charge in [-0.1, -0.05) is 67.4 Å². The summed E-state index contributed by atoms with van der Waals surface area (Å²) in [6, 6.07) is 19.2. The van der Waals surface area contributed by atoms with Gasteiger partial charge < -0.3 is 15.0 Å². The molecule has 3 rings (SSSR count). The molecular weight excluding hydrogens is 562 g/mol. The highest BCUT2D eigenvalue weighted by Gasteiger charge is 2.33. The van der Waals surface area contributed by atoms with Crippen molar-refractivity contribution in [2.45, 2.75) is 52.1 Å². The van der Waals surface area contributed by atoms with Gasteiger partial charge >= 0.3 is 0 Å². The van der Waals surface area contributed by atoms with Crippen LogP contribution in [0, 0.1) is 12.8 Å². The van der Waals surface area contributed by atoms with E-state index >= 15 is 0 Å². The molecule has 0 spiro atoms. The Kier molecular flexibility index (Phi) is 11.2. The van der Waals surface area contributed by atoms with Gasteiger partial charge in [-0.15, -0.1) is 0 Å². The largest absolute Gasteiger partial charge is 0.492 e. The summed E-state index contributed by atoms with van der Waals surface area (Å²) in [6.45, 7) is 9.69. The first kappa shape index (κ1) is 32.0. The van der Waals surface area contributed by atoms with Crippen LogP contribution in [0.2, 0.25) is 5.02 Å². The molecule has 1 atom stereocenters. The Hall–Kier alpha value is -3.56. The third-order valence-corrected chi connectivity index (χ3v) is 8.47. The molecule has 2 amide bonds. The molecule has 0 heterocycles. The highest BCUT2D eigenvalue weighted by atomic mass is 35.5. The Morgan fingerprint density at radius 1 is 0.951 bits per heavy atom. The van der Waals surface area contributed by atoms with Crippen LogP contribution in [0.3, 0.4) is 0 Å². The number of halogens is 1. The van der Waals surface area contributed by atoms with Crippen LogP contribution in [-0.2, 0) is 26.2 Å². The van der Waals surface area contributed by atoms with Crippen LogP contribution >= 0.6 is 11.6 Å². The van der Waals surface area contributed by atoms with Crippen molar-refractivity contribution in [2.75, 3.05) is 24.0 Å². The summed E-state index contributed by atoms with van der Waals surface area (Å²) < 4.78 is 34.8. The number of sulfonamides is 1. The standard InChI is InChI=1S/C31H38ClN3O5S/c1-6-40-29-10-8-7-9-28(29)35(41(38,39)27-17-15-26(32)16-18-27)21-30(36)34(20-25-13-11-23(4)12-14-25)24(5)31(37)33-19-22(2)3/h7-18,22,24H,6,19-21H2,1-5H3,(H,33,37). The van der Waals surface area contributed by atoms with Gasteiger partial charge in [0.25, 0.3) is 10.0 Å². The van der Waals surface area contributed by atoms with Crippen LogP contribution in [0.1, 0.15) is 38.8 Å². The molecule has 220 valence electrons. The lowest BCUT2D eigenvalue weighted by molar-refractivity contribution is -0.139. The smallest absolute Gasteiger partial charge is 0.264 e. The van der Waals surface area contributed by atoms with Gasteiger partial charge in [0.05, 0.1) is 17.2 Å². The van der Waals surface area contributed by atoms with E-state index in [4.69, 9.17) is 16.3 Å². The first-order chi connectivity index (χ1) is 19.4. The molecule has 8 nitrogen and oxygen atoms in total. The van der Waals surface area contributed by atoms with E-state index in [0.29, 0.717) is 23.9 Å². The molecule has 0 fully saturated rings. The number of para-hydroxylation sites is 2. The molecule has 0 saturated heterocycles. The Bertz CT molecular complexity index is 1430. The number of aryl methyl sites for hydroxylation is 1. The van der Waals surface area contributed by atoms with Crippen molar-refractivity contribution >= 4 is 39.1 Å². The van der Waals surface area contributed by atoms with Gasteiger partial charge in [0, 0.05) is 18.1 Å². The Balaban J connectivity index is 2.06. The third kappa shape index (κ3) is 8.47. The molecule has 0 aromatic heterocycles. The second kappa shape index (κ2) is 14.4. The second-order valence-electron chi connectivity index (χ2n) is 10.2. The number of hydrogen-bond donors (Lipinski definition) is 1. The summed E-state index contributed by atoms with van der Waals surface area (Å²) in [4.78, 5) is 28.6. The number of carbonyl (C=O) groups is 2. The molecule has 0 radical (unpaired) electrons. The number of benzene rings is 3. The lowest BCUT2D eigenvalue weighted by Gasteiger charge is -2.32. The lowest BCUT2D eigenvalue weighted by atomic mass is 10.1. The fourth-order valence-electron chi connectivity index (χ4n) is 4.11.